The molecule has 0 spiro atoms. The lowest BCUT2D eigenvalue weighted by atomic mass is 10.1. The molecule has 0 aliphatic rings. The summed E-state index contributed by atoms with van der Waals surface area (Å²) >= 11 is 1.62. The highest BCUT2D eigenvalue weighted by Gasteiger charge is 2.12. The number of thiazole rings is 1. The summed E-state index contributed by atoms with van der Waals surface area (Å²) in [6.45, 7) is 2.53. The van der Waals surface area contributed by atoms with Crippen LogP contribution in [0, 0.1) is 0 Å². The number of carbonyl (C=O) groups is 1. The average molecular weight is 300 g/mol. The van der Waals surface area contributed by atoms with Gasteiger partial charge in [0.2, 0.25) is 0 Å². The number of fused-ring (bicyclic) bond motifs is 1. The van der Waals surface area contributed by atoms with Gasteiger partial charge in [0.25, 0.3) is 5.91 Å². The maximum absolute atomic E-state index is 12.3. The molecule has 0 aliphatic carbocycles. The first-order valence-electron chi connectivity index (χ1n) is 6.75. The number of nitrogens with zero attached hydrogens (tertiary/aromatic N) is 1. The van der Waals surface area contributed by atoms with Crippen molar-refractivity contribution in [2.45, 2.75) is 19.9 Å². The number of H-pyrrole nitrogens is 1. The molecule has 3 aromatic rings. The summed E-state index contributed by atoms with van der Waals surface area (Å²) in [4.78, 5) is 20.9. The maximum Gasteiger partial charge on any atom is 0.253 e. The van der Waals surface area contributed by atoms with Gasteiger partial charge >= 0.3 is 0 Å². The minimum absolute atomic E-state index is 0.125. The number of aromatic nitrogens is 2. The van der Waals surface area contributed by atoms with Crippen molar-refractivity contribution in [2.75, 3.05) is 5.73 Å². The summed E-state index contributed by atoms with van der Waals surface area (Å²) in [6, 6.07) is 5.48. The SMILES string of the molecule is CCc1cnc(CNC(=O)c2c[nH]c3ccc(N)cc23)s1. The van der Waals surface area contributed by atoms with Crippen LogP contribution in [0.2, 0.25) is 0 Å². The maximum atomic E-state index is 12.3. The van der Waals surface area contributed by atoms with Gasteiger partial charge < -0.3 is 16.0 Å². The van der Waals surface area contributed by atoms with Crippen molar-refractivity contribution < 1.29 is 4.79 Å². The molecule has 1 amide bonds. The first kappa shape index (κ1) is 13.6. The van der Waals surface area contributed by atoms with Crippen molar-refractivity contribution in [1.29, 1.82) is 0 Å². The van der Waals surface area contributed by atoms with E-state index in [1.165, 1.54) is 4.88 Å². The Kier molecular flexibility index (Phi) is 3.62. The zero-order valence-electron chi connectivity index (χ0n) is 11.6. The molecule has 6 heteroatoms. The van der Waals surface area contributed by atoms with E-state index in [9.17, 15) is 4.79 Å². The third-order valence-corrected chi connectivity index (χ3v) is 4.44. The quantitative estimate of drug-likeness (QED) is 0.648. The highest BCUT2D eigenvalue weighted by atomic mass is 32.1. The number of amides is 1. The largest absolute Gasteiger partial charge is 0.399 e. The Labute approximate surface area is 126 Å². The lowest BCUT2D eigenvalue weighted by molar-refractivity contribution is 0.0952. The normalized spacial score (nSPS) is 10.9. The molecule has 0 atom stereocenters. The molecular weight excluding hydrogens is 284 g/mol. The Morgan fingerprint density at radius 2 is 2.33 bits per heavy atom. The second-order valence-electron chi connectivity index (χ2n) is 4.76. The van der Waals surface area contributed by atoms with E-state index in [1.54, 1.807) is 23.6 Å². The van der Waals surface area contributed by atoms with Gasteiger partial charge in [-0.05, 0) is 24.6 Å². The summed E-state index contributed by atoms with van der Waals surface area (Å²) in [6.07, 6.45) is 4.53. The summed E-state index contributed by atoms with van der Waals surface area (Å²) in [5, 5.41) is 4.65. The molecule has 2 heterocycles. The van der Waals surface area contributed by atoms with Gasteiger partial charge in [0, 0.05) is 33.9 Å². The van der Waals surface area contributed by atoms with E-state index >= 15 is 0 Å². The fourth-order valence-electron chi connectivity index (χ4n) is 2.17. The molecule has 0 fully saturated rings. The lowest BCUT2D eigenvalue weighted by Crippen LogP contribution is -2.22. The molecule has 0 saturated carbocycles. The molecule has 4 N–H and O–H groups in total. The molecule has 3 rings (SSSR count). The van der Waals surface area contributed by atoms with E-state index in [-0.39, 0.29) is 5.91 Å². The van der Waals surface area contributed by atoms with Crippen molar-refractivity contribution in [2.24, 2.45) is 0 Å². The molecule has 108 valence electrons. The van der Waals surface area contributed by atoms with Crippen LogP contribution in [0.5, 0.6) is 0 Å². The van der Waals surface area contributed by atoms with E-state index in [0.29, 0.717) is 17.8 Å². The molecule has 0 aliphatic heterocycles. The van der Waals surface area contributed by atoms with Crippen molar-refractivity contribution in [1.82, 2.24) is 15.3 Å². The van der Waals surface area contributed by atoms with Crippen LogP contribution in [0.4, 0.5) is 5.69 Å². The zero-order valence-corrected chi connectivity index (χ0v) is 12.5. The van der Waals surface area contributed by atoms with Crippen LogP contribution < -0.4 is 11.1 Å². The molecule has 0 saturated heterocycles. The smallest absolute Gasteiger partial charge is 0.253 e. The Bertz CT molecular complexity index is 790. The van der Waals surface area contributed by atoms with Crippen LogP contribution in [0.15, 0.2) is 30.6 Å². The number of aryl methyl sites for hydroxylation is 1. The first-order chi connectivity index (χ1) is 10.2. The Balaban J connectivity index is 1.76. The van der Waals surface area contributed by atoms with Crippen LogP contribution in [-0.4, -0.2) is 15.9 Å². The Morgan fingerprint density at radius 3 is 3.10 bits per heavy atom. The summed E-state index contributed by atoms with van der Waals surface area (Å²) < 4.78 is 0. The molecule has 2 aromatic heterocycles. The molecule has 1 aromatic carbocycles. The van der Waals surface area contributed by atoms with E-state index in [2.05, 4.69) is 22.2 Å². The number of aromatic amines is 1. The van der Waals surface area contributed by atoms with Gasteiger partial charge in [-0.2, -0.15) is 0 Å². The van der Waals surface area contributed by atoms with Crippen LogP contribution in [0.3, 0.4) is 0 Å². The van der Waals surface area contributed by atoms with E-state index in [1.807, 2.05) is 18.3 Å². The predicted molar refractivity (Wildman–Crippen MR) is 85.4 cm³/mol. The molecule has 0 unspecified atom stereocenters. The summed E-state index contributed by atoms with van der Waals surface area (Å²) in [5.41, 5.74) is 7.92. The van der Waals surface area contributed by atoms with Gasteiger partial charge in [-0.3, -0.25) is 4.79 Å². The van der Waals surface area contributed by atoms with Gasteiger partial charge in [-0.15, -0.1) is 11.3 Å². The number of carbonyl (C=O) groups excluding carboxylic acids is 1. The number of anilines is 1. The van der Waals surface area contributed by atoms with Crippen molar-refractivity contribution >= 4 is 33.8 Å². The van der Waals surface area contributed by atoms with Gasteiger partial charge in [-0.25, -0.2) is 4.98 Å². The number of rotatable bonds is 4. The number of hydrogen-bond acceptors (Lipinski definition) is 4. The van der Waals surface area contributed by atoms with Gasteiger partial charge in [-0.1, -0.05) is 6.92 Å². The number of nitrogens with one attached hydrogen (secondary N) is 2. The third kappa shape index (κ3) is 2.75. The third-order valence-electron chi connectivity index (χ3n) is 3.30. The summed E-state index contributed by atoms with van der Waals surface area (Å²) in [7, 11) is 0. The number of hydrogen-bond donors (Lipinski definition) is 3. The van der Waals surface area contributed by atoms with E-state index in [4.69, 9.17) is 5.73 Å². The van der Waals surface area contributed by atoms with Gasteiger partial charge in [0.15, 0.2) is 0 Å². The highest BCUT2D eigenvalue weighted by Crippen LogP contribution is 2.21. The highest BCUT2D eigenvalue weighted by molar-refractivity contribution is 7.11. The predicted octanol–water partition coefficient (Wildman–Crippen LogP) is 2.70. The fraction of sp³-hybridized carbons (Fsp3) is 0.200. The first-order valence-corrected chi connectivity index (χ1v) is 7.57. The molecular formula is C15H16N4OS. The van der Waals surface area contributed by atoms with Gasteiger partial charge in [0.1, 0.15) is 5.01 Å². The molecule has 0 radical (unpaired) electrons. The lowest BCUT2D eigenvalue weighted by Gasteiger charge is -2.02. The minimum atomic E-state index is -0.125. The van der Waals surface area contributed by atoms with Crippen LogP contribution in [-0.2, 0) is 13.0 Å². The summed E-state index contributed by atoms with van der Waals surface area (Å²) in [5.74, 6) is -0.125. The van der Waals surface area contributed by atoms with Crippen LogP contribution >= 0.6 is 11.3 Å². The number of benzene rings is 1. The van der Waals surface area contributed by atoms with E-state index in [0.717, 1.165) is 22.3 Å². The molecule has 21 heavy (non-hydrogen) atoms. The minimum Gasteiger partial charge on any atom is -0.399 e. The molecule has 0 bridgehead atoms. The van der Waals surface area contributed by atoms with Gasteiger partial charge in [0.05, 0.1) is 12.1 Å². The zero-order chi connectivity index (χ0) is 14.8. The van der Waals surface area contributed by atoms with Crippen molar-refractivity contribution in [3.05, 3.63) is 46.0 Å². The number of nitrogen functional groups attached to an aromatic ring is 1. The second kappa shape index (κ2) is 5.57. The number of nitrogens with two attached hydrogens (primary N) is 1. The fourth-order valence-corrected chi connectivity index (χ4v) is 2.97. The topological polar surface area (TPSA) is 83.8 Å². The van der Waals surface area contributed by atoms with Crippen molar-refractivity contribution in [3.63, 3.8) is 0 Å². The standard InChI is InChI=1S/C15H16N4OS/c1-2-10-6-18-14(21-10)8-19-15(20)12-7-17-13-4-3-9(16)5-11(12)13/h3-7,17H,2,8,16H2,1H3,(H,19,20). The Morgan fingerprint density at radius 1 is 1.48 bits per heavy atom. The van der Waals surface area contributed by atoms with E-state index < -0.39 is 0 Å². The monoisotopic (exact) mass is 300 g/mol. The average Bonchev–Trinajstić information content (AvgIpc) is 3.10. The van der Waals surface area contributed by atoms with Crippen LogP contribution in [0.1, 0.15) is 27.2 Å². The van der Waals surface area contributed by atoms with Crippen molar-refractivity contribution in [3.8, 4) is 0 Å². The second-order valence-corrected chi connectivity index (χ2v) is 5.96. The molecule has 5 nitrogen and oxygen atoms in total. The van der Waals surface area contributed by atoms with Crippen LogP contribution in [0.25, 0.3) is 10.9 Å². The Hall–Kier alpha value is -2.34.